The SMILES string of the molecule is CC/C([O-])=C/C(C)=O.CC/C([O-])=C/C(C)=O.CC/C([O-])=C/C(C)=O.[Co+3]. The minimum absolute atomic E-state index is 0. The number of carbonyl (C=O) groups is 3. The van der Waals surface area contributed by atoms with Crippen LogP contribution in [-0.2, 0) is 31.2 Å². The molecule has 0 aliphatic heterocycles. The summed E-state index contributed by atoms with van der Waals surface area (Å²) in [6.07, 6.45) is 4.58. The van der Waals surface area contributed by atoms with Crippen LogP contribution in [0.3, 0.4) is 0 Å². The fourth-order valence-corrected chi connectivity index (χ4v) is 0.986. The number of hydrogen-bond donors (Lipinski definition) is 0. The van der Waals surface area contributed by atoms with E-state index in [0.717, 1.165) is 18.2 Å². The predicted octanol–water partition coefficient (Wildman–Crippen LogP) is 0.686. The topological polar surface area (TPSA) is 120 Å². The van der Waals surface area contributed by atoms with Gasteiger partial charge in [0, 0.05) is 0 Å². The molecule has 144 valence electrons. The van der Waals surface area contributed by atoms with Crippen LogP contribution < -0.4 is 15.3 Å². The summed E-state index contributed by atoms with van der Waals surface area (Å²) in [4.78, 5) is 30.4. The van der Waals surface area contributed by atoms with Crippen LogP contribution in [0.15, 0.2) is 35.5 Å². The maximum Gasteiger partial charge on any atom is 3.00 e. The van der Waals surface area contributed by atoms with Gasteiger partial charge in [0.2, 0.25) is 0 Å². The average molecular weight is 398 g/mol. The van der Waals surface area contributed by atoms with Crippen molar-refractivity contribution in [2.45, 2.75) is 60.8 Å². The average Bonchev–Trinajstić information content (AvgIpc) is 2.46. The summed E-state index contributed by atoms with van der Waals surface area (Å²) < 4.78 is 0. The van der Waals surface area contributed by atoms with Crippen LogP contribution >= 0.6 is 0 Å². The molecule has 0 aromatic heterocycles. The molecule has 0 N–H and O–H groups in total. The molecule has 0 atom stereocenters. The van der Waals surface area contributed by atoms with E-state index in [9.17, 15) is 29.7 Å². The summed E-state index contributed by atoms with van der Waals surface area (Å²) >= 11 is 0. The molecule has 0 unspecified atom stereocenters. The van der Waals surface area contributed by atoms with Crippen LogP contribution in [0.1, 0.15) is 60.8 Å². The van der Waals surface area contributed by atoms with E-state index in [1.54, 1.807) is 20.8 Å². The Labute approximate surface area is 160 Å². The second kappa shape index (κ2) is 20.2. The van der Waals surface area contributed by atoms with Crippen molar-refractivity contribution in [3.63, 3.8) is 0 Å². The minimum atomic E-state index is -0.170. The first-order valence-electron chi connectivity index (χ1n) is 7.64. The van der Waals surface area contributed by atoms with E-state index in [0.29, 0.717) is 19.3 Å². The third-order valence-electron chi connectivity index (χ3n) is 2.14. The number of hydrogen-bond acceptors (Lipinski definition) is 6. The molecule has 0 radical (unpaired) electrons. The number of ketones is 3. The van der Waals surface area contributed by atoms with Crippen LogP contribution in [0, 0.1) is 0 Å². The van der Waals surface area contributed by atoms with Crippen molar-refractivity contribution < 1.29 is 46.5 Å². The quantitative estimate of drug-likeness (QED) is 0.479. The molecule has 0 aliphatic rings. The molecular formula is C18H27CoO6. The van der Waals surface area contributed by atoms with Crippen LogP contribution in [0.4, 0.5) is 0 Å². The Balaban J connectivity index is -0.000000130. The van der Waals surface area contributed by atoms with Crippen molar-refractivity contribution in [2.24, 2.45) is 0 Å². The number of allylic oxidation sites excluding steroid dienone is 6. The normalized spacial score (nSPS) is 11.0. The van der Waals surface area contributed by atoms with Crippen molar-refractivity contribution in [3.05, 3.63) is 35.5 Å². The van der Waals surface area contributed by atoms with Crippen molar-refractivity contribution in [2.75, 3.05) is 0 Å². The van der Waals surface area contributed by atoms with Gasteiger partial charge in [0.05, 0.1) is 0 Å². The smallest absolute Gasteiger partial charge is 0.875 e. The van der Waals surface area contributed by atoms with Gasteiger partial charge in [0.25, 0.3) is 0 Å². The van der Waals surface area contributed by atoms with E-state index >= 15 is 0 Å². The van der Waals surface area contributed by atoms with E-state index in [1.165, 1.54) is 20.8 Å². The first-order chi connectivity index (χ1) is 11.0. The van der Waals surface area contributed by atoms with E-state index in [1.807, 2.05) is 0 Å². The second-order valence-electron chi connectivity index (χ2n) is 4.72. The summed E-state index contributed by atoms with van der Waals surface area (Å²) in [5.41, 5.74) is 0. The van der Waals surface area contributed by atoms with Gasteiger partial charge in [-0.2, -0.15) is 0 Å². The molecular weight excluding hydrogens is 371 g/mol. The maximum absolute atomic E-state index is 10.3. The second-order valence-corrected chi connectivity index (χ2v) is 4.72. The Morgan fingerprint density at radius 3 is 0.800 bits per heavy atom. The number of rotatable bonds is 6. The van der Waals surface area contributed by atoms with E-state index in [-0.39, 0.29) is 51.4 Å². The molecule has 0 rings (SSSR count). The summed E-state index contributed by atoms with van der Waals surface area (Å²) in [5, 5.41) is 31.0. The fraction of sp³-hybridized carbons (Fsp3) is 0.500. The summed E-state index contributed by atoms with van der Waals surface area (Å²) in [6, 6.07) is 0. The molecule has 0 aliphatic carbocycles. The van der Waals surface area contributed by atoms with E-state index in [2.05, 4.69) is 0 Å². The van der Waals surface area contributed by atoms with Gasteiger partial charge in [-0.3, -0.25) is 14.4 Å². The van der Waals surface area contributed by atoms with Gasteiger partial charge in [-0.15, -0.1) is 17.3 Å². The molecule has 0 bridgehead atoms. The van der Waals surface area contributed by atoms with Gasteiger partial charge in [0.15, 0.2) is 17.3 Å². The monoisotopic (exact) mass is 398 g/mol. The third kappa shape index (κ3) is 34.5. The van der Waals surface area contributed by atoms with E-state index in [4.69, 9.17) is 0 Å². The molecule has 0 amide bonds. The van der Waals surface area contributed by atoms with Crippen LogP contribution in [-0.4, -0.2) is 17.3 Å². The molecule has 7 heteroatoms. The molecule has 0 aromatic carbocycles. The van der Waals surface area contributed by atoms with E-state index < -0.39 is 0 Å². The largest absolute Gasteiger partial charge is 3.00 e. The van der Waals surface area contributed by atoms with Gasteiger partial charge in [-0.05, 0) is 58.3 Å². The first kappa shape index (κ1) is 31.0. The fourth-order valence-electron chi connectivity index (χ4n) is 0.986. The van der Waals surface area contributed by atoms with Gasteiger partial charge in [0.1, 0.15) is 0 Å². The van der Waals surface area contributed by atoms with Crippen molar-refractivity contribution >= 4 is 17.3 Å². The van der Waals surface area contributed by atoms with Crippen LogP contribution in [0.2, 0.25) is 0 Å². The summed E-state index contributed by atoms with van der Waals surface area (Å²) in [6.45, 7) is 9.28. The van der Waals surface area contributed by atoms with Crippen LogP contribution in [0.5, 0.6) is 0 Å². The van der Waals surface area contributed by atoms with Gasteiger partial charge in [-0.1, -0.05) is 20.8 Å². The van der Waals surface area contributed by atoms with Gasteiger partial charge in [-0.25, -0.2) is 0 Å². The minimum Gasteiger partial charge on any atom is -0.875 e. The molecule has 0 saturated heterocycles. The van der Waals surface area contributed by atoms with Crippen molar-refractivity contribution in [1.29, 1.82) is 0 Å². The van der Waals surface area contributed by atoms with Crippen molar-refractivity contribution in [3.8, 4) is 0 Å². The molecule has 0 spiro atoms. The Morgan fingerprint density at radius 2 is 0.760 bits per heavy atom. The Bertz CT molecular complexity index is 418. The standard InChI is InChI=1S/3C6H10O2.Co/c3*1-3-6(8)4-5(2)7;/h3*4,8H,3H2,1-2H3;/q;;;+3/p-3/b3*6-4-;. The zero-order valence-corrected chi connectivity index (χ0v) is 16.7. The zero-order valence-electron chi connectivity index (χ0n) is 15.6. The van der Waals surface area contributed by atoms with Crippen molar-refractivity contribution in [1.82, 2.24) is 0 Å². The molecule has 0 fully saturated rings. The Hall–Kier alpha value is -1.86. The Kier molecular flexibility index (Phi) is 25.0. The summed E-state index contributed by atoms with van der Waals surface area (Å²) in [5.74, 6) is -0.807. The predicted molar refractivity (Wildman–Crippen MR) is 87.2 cm³/mol. The first-order valence-corrected chi connectivity index (χ1v) is 7.64. The van der Waals surface area contributed by atoms with Gasteiger partial charge < -0.3 is 15.3 Å². The molecule has 25 heavy (non-hydrogen) atoms. The Morgan fingerprint density at radius 1 is 0.600 bits per heavy atom. The number of carbonyl (C=O) groups excluding carboxylic acids is 3. The molecule has 0 heterocycles. The molecule has 0 aromatic rings. The van der Waals surface area contributed by atoms with Crippen LogP contribution in [0.25, 0.3) is 0 Å². The maximum atomic E-state index is 10.3. The zero-order chi connectivity index (χ0) is 19.7. The summed E-state index contributed by atoms with van der Waals surface area (Å²) in [7, 11) is 0. The van der Waals surface area contributed by atoms with Gasteiger partial charge >= 0.3 is 16.8 Å². The third-order valence-corrected chi connectivity index (χ3v) is 2.14. The molecule has 0 saturated carbocycles. The molecule has 6 nitrogen and oxygen atoms in total.